The number of methoxy groups -OCH3 is 1. The maximum absolute atomic E-state index is 13.4. The minimum atomic E-state index is -1.12. The number of carbonyl (C=O) groups excluding carboxylic acids is 4. The highest BCUT2D eigenvalue weighted by atomic mass is 16.5. The number of urea groups is 1. The van der Waals surface area contributed by atoms with Crippen molar-refractivity contribution in [1.82, 2.24) is 40.4 Å². The van der Waals surface area contributed by atoms with Gasteiger partial charge in [0.25, 0.3) is 5.91 Å². The molecule has 1 aliphatic heterocycles. The summed E-state index contributed by atoms with van der Waals surface area (Å²) in [4.78, 5) is 66.9. The van der Waals surface area contributed by atoms with E-state index in [2.05, 4.69) is 30.9 Å². The molecule has 4 amide bonds. The van der Waals surface area contributed by atoms with Crippen molar-refractivity contribution in [2.45, 2.75) is 64.6 Å². The van der Waals surface area contributed by atoms with Gasteiger partial charge in [0.15, 0.2) is 11.5 Å². The number of likely N-dealkylation sites (tertiary alicyclic amines) is 1. The van der Waals surface area contributed by atoms with Gasteiger partial charge in [0.2, 0.25) is 11.7 Å². The molecule has 3 aromatic rings. The van der Waals surface area contributed by atoms with Crippen LogP contribution in [-0.4, -0.2) is 86.9 Å². The molecule has 2 atom stereocenters. The topological polar surface area (TPSA) is 186 Å². The molecule has 1 fully saturated rings. The second kappa shape index (κ2) is 15.1. The average Bonchev–Trinajstić information content (AvgIpc) is 3.44. The Kier molecular flexibility index (Phi) is 11.1. The molecule has 236 valence electrons. The number of nitrogens with zero attached hydrogens (tertiary/aromatic N) is 5. The summed E-state index contributed by atoms with van der Waals surface area (Å²) in [5, 5.41) is 8.25. The molecule has 1 saturated heterocycles. The number of imidazole rings is 1. The number of fused-ring (bicyclic) bond motifs is 1. The van der Waals surface area contributed by atoms with Crippen molar-refractivity contribution in [2.75, 3.05) is 32.5 Å². The fourth-order valence-electron chi connectivity index (χ4n) is 5.07. The fourth-order valence-corrected chi connectivity index (χ4v) is 5.07. The van der Waals surface area contributed by atoms with Gasteiger partial charge in [-0.2, -0.15) is 9.97 Å². The molecule has 44 heavy (non-hydrogen) atoms. The number of piperidine rings is 1. The van der Waals surface area contributed by atoms with Crippen molar-refractivity contribution in [3.8, 4) is 6.01 Å². The number of aromatic nitrogens is 4. The summed E-state index contributed by atoms with van der Waals surface area (Å²) in [5.41, 5.74) is 7.65. The van der Waals surface area contributed by atoms with Crippen LogP contribution >= 0.6 is 0 Å². The fraction of sp³-hybridized carbons (Fsp3) is 0.500. The summed E-state index contributed by atoms with van der Waals surface area (Å²) in [5.74, 6) is -2.15. The number of nitrogen functional groups attached to an aromatic ring is 1. The van der Waals surface area contributed by atoms with Gasteiger partial charge in [0, 0.05) is 32.6 Å². The number of ketones is 1. The largest absolute Gasteiger partial charge is 0.467 e. The van der Waals surface area contributed by atoms with E-state index in [0.29, 0.717) is 37.2 Å². The number of ether oxygens (including phenoxy) is 1. The lowest BCUT2D eigenvalue weighted by Crippen LogP contribution is -2.58. The van der Waals surface area contributed by atoms with Gasteiger partial charge in [-0.1, -0.05) is 44.2 Å². The maximum atomic E-state index is 13.4. The maximum Gasteiger partial charge on any atom is 0.320 e. The monoisotopic (exact) mass is 607 g/mol. The molecular formula is C30H41N9O5. The third kappa shape index (κ3) is 8.20. The van der Waals surface area contributed by atoms with Gasteiger partial charge in [-0.3, -0.25) is 14.4 Å². The minimum absolute atomic E-state index is 0.118. The molecule has 4 rings (SSSR count). The first-order valence-electron chi connectivity index (χ1n) is 14.9. The Morgan fingerprint density at radius 2 is 1.75 bits per heavy atom. The molecule has 14 heteroatoms. The van der Waals surface area contributed by atoms with E-state index >= 15 is 0 Å². The number of nitrogens with one attached hydrogen (secondary N) is 3. The van der Waals surface area contributed by atoms with Crippen LogP contribution in [-0.2, 0) is 27.3 Å². The summed E-state index contributed by atoms with van der Waals surface area (Å²) >= 11 is 0. The summed E-state index contributed by atoms with van der Waals surface area (Å²) in [6, 6.07) is 6.95. The molecule has 0 bridgehead atoms. The number of benzene rings is 1. The molecule has 14 nitrogen and oxygen atoms in total. The predicted molar refractivity (Wildman–Crippen MR) is 164 cm³/mol. The number of amides is 4. The van der Waals surface area contributed by atoms with Crippen LogP contribution < -0.4 is 26.4 Å². The minimum Gasteiger partial charge on any atom is -0.467 e. The van der Waals surface area contributed by atoms with Crippen LogP contribution in [0.15, 0.2) is 36.7 Å². The first kappa shape index (κ1) is 32.2. The first-order chi connectivity index (χ1) is 21.2. The van der Waals surface area contributed by atoms with Crippen molar-refractivity contribution in [3.05, 3.63) is 42.2 Å². The quantitative estimate of drug-likeness (QED) is 0.165. The summed E-state index contributed by atoms with van der Waals surface area (Å²) in [6.07, 6.45) is 5.07. The highest BCUT2D eigenvalue weighted by Gasteiger charge is 2.32. The lowest BCUT2D eigenvalue weighted by molar-refractivity contribution is -0.140. The Labute approximate surface area is 256 Å². The second-order valence-corrected chi connectivity index (χ2v) is 11.1. The van der Waals surface area contributed by atoms with Crippen molar-refractivity contribution in [3.63, 3.8) is 0 Å². The molecule has 1 aromatic carbocycles. The van der Waals surface area contributed by atoms with Crippen molar-refractivity contribution in [2.24, 2.45) is 5.92 Å². The van der Waals surface area contributed by atoms with Gasteiger partial charge in [0.05, 0.1) is 13.4 Å². The molecule has 0 spiro atoms. The van der Waals surface area contributed by atoms with E-state index < -0.39 is 29.7 Å². The lowest BCUT2D eigenvalue weighted by atomic mass is 9.99. The number of Topliss-reactive ketones (excluding diaryl/α,β-unsaturated/α-hetero) is 1. The number of carbonyl (C=O) groups is 4. The Morgan fingerprint density at radius 1 is 1.02 bits per heavy atom. The van der Waals surface area contributed by atoms with Gasteiger partial charge in [-0.05, 0) is 37.2 Å². The molecule has 3 heterocycles. The third-order valence-corrected chi connectivity index (χ3v) is 7.53. The molecular weight excluding hydrogens is 566 g/mol. The molecule has 0 saturated carbocycles. The normalized spacial score (nSPS) is 14.6. The average molecular weight is 608 g/mol. The van der Waals surface area contributed by atoms with Gasteiger partial charge in [-0.15, -0.1) is 0 Å². The van der Waals surface area contributed by atoms with Crippen LogP contribution in [0.1, 0.15) is 45.1 Å². The molecule has 5 N–H and O–H groups in total. The number of nitrogens with two attached hydrogens (primary N) is 1. The van der Waals surface area contributed by atoms with E-state index in [-0.39, 0.29) is 36.7 Å². The molecule has 0 unspecified atom stereocenters. The first-order valence-corrected chi connectivity index (χ1v) is 14.9. The zero-order valence-corrected chi connectivity index (χ0v) is 25.4. The number of aryl methyl sites for hydroxylation is 1. The Hall–Kier alpha value is -4.75. The van der Waals surface area contributed by atoms with Crippen molar-refractivity contribution >= 4 is 40.6 Å². The zero-order chi connectivity index (χ0) is 31.6. The van der Waals surface area contributed by atoms with Crippen LogP contribution in [0.4, 0.5) is 10.6 Å². The van der Waals surface area contributed by atoms with E-state index in [1.807, 2.05) is 44.2 Å². The van der Waals surface area contributed by atoms with Crippen LogP contribution in [0, 0.1) is 5.92 Å². The number of hydrogen-bond donors (Lipinski definition) is 4. The lowest BCUT2D eigenvalue weighted by Gasteiger charge is -2.30. The molecule has 0 radical (unpaired) electrons. The third-order valence-electron chi connectivity index (χ3n) is 7.53. The predicted octanol–water partition coefficient (Wildman–Crippen LogP) is 1.44. The molecule has 2 aromatic heterocycles. The van der Waals surface area contributed by atoms with Crippen LogP contribution in [0.3, 0.4) is 0 Å². The number of anilines is 1. The van der Waals surface area contributed by atoms with E-state index in [4.69, 9.17) is 10.5 Å². The summed E-state index contributed by atoms with van der Waals surface area (Å²) < 4.78 is 6.84. The second-order valence-electron chi connectivity index (χ2n) is 11.1. The van der Waals surface area contributed by atoms with Crippen LogP contribution in [0.2, 0.25) is 0 Å². The van der Waals surface area contributed by atoms with Gasteiger partial charge in [0.1, 0.15) is 17.6 Å². The SMILES string of the molecule is COc1nc(N)c2ncn(CCCNC(=O)C(=O)[C@H](Cc3ccccc3)NC(=O)[C@@H](NC(=O)N3CCCCC3)C(C)C)c2n1. The molecule has 0 aliphatic carbocycles. The highest BCUT2D eigenvalue weighted by Crippen LogP contribution is 2.19. The summed E-state index contributed by atoms with van der Waals surface area (Å²) in [7, 11) is 1.44. The highest BCUT2D eigenvalue weighted by molar-refractivity contribution is 6.38. The standard InChI is InChI=1S/C30H41N9O5/c1-19(2)22(35-30(43)38-14-8-5-9-15-38)27(41)34-21(17-20-11-6-4-7-12-20)24(40)28(42)32-13-10-16-39-18-33-23-25(31)36-29(44-3)37-26(23)39/h4,6-7,11-12,18-19,21-22H,5,8-10,13-17H2,1-3H3,(H,32,42)(H,34,41)(H,35,43)(H2,31,36,37)/t21-,22-/m0/s1. The van der Waals surface area contributed by atoms with Gasteiger partial charge < -0.3 is 35.9 Å². The van der Waals surface area contributed by atoms with Gasteiger partial charge >= 0.3 is 12.0 Å². The Balaban J connectivity index is 1.38. The van der Waals surface area contributed by atoms with Crippen LogP contribution in [0.25, 0.3) is 11.2 Å². The number of rotatable bonds is 13. The molecule has 1 aliphatic rings. The zero-order valence-electron chi connectivity index (χ0n) is 25.4. The summed E-state index contributed by atoms with van der Waals surface area (Å²) in [6.45, 7) is 5.54. The van der Waals surface area contributed by atoms with Crippen LogP contribution in [0.5, 0.6) is 6.01 Å². The Morgan fingerprint density at radius 3 is 2.43 bits per heavy atom. The van der Waals surface area contributed by atoms with Gasteiger partial charge in [-0.25, -0.2) is 9.78 Å². The van der Waals surface area contributed by atoms with Crippen molar-refractivity contribution < 1.29 is 23.9 Å². The van der Waals surface area contributed by atoms with Crippen molar-refractivity contribution in [1.29, 1.82) is 0 Å². The van der Waals surface area contributed by atoms with E-state index in [1.165, 1.54) is 7.11 Å². The van der Waals surface area contributed by atoms with E-state index in [0.717, 1.165) is 24.8 Å². The van der Waals surface area contributed by atoms with E-state index in [9.17, 15) is 19.2 Å². The Bertz CT molecular complexity index is 1450. The smallest absolute Gasteiger partial charge is 0.320 e. The van der Waals surface area contributed by atoms with E-state index in [1.54, 1.807) is 15.8 Å². The number of hydrogen-bond acceptors (Lipinski definition) is 9.